The summed E-state index contributed by atoms with van der Waals surface area (Å²) in [7, 11) is -9.91. The van der Waals surface area contributed by atoms with Gasteiger partial charge in [0.25, 0.3) is 0 Å². The first kappa shape index (κ1) is 92.1. The third-order valence-electron chi connectivity index (χ3n) is 18.0. The van der Waals surface area contributed by atoms with E-state index in [0.29, 0.717) is 31.6 Å². The highest BCUT2D eigenvalue weighted by molar-refractivity contribution is 7.47. The summed E-state index contributed by atoms with van der Waals surface area (Å²) >= 11 is 0. The lowest BCUT2D eigenvalue weighted by Crippen LogP contribution is -2.30. The second-order valence-corrected chi connectivity index (χ2v) is 31.4. The number of ether oxygens (including phenoxy) is 4. The van der Waals surface area contributed by atoms with Crippen LogP contribution < -0.4 is 0 Å². The molecular weight excluding hydrogens is 1230 g/mol. The lowest BCUT2D eigenvalue weighted by molar-refractivity contribution is -0.161. The molecule has 0 bridgehead atoms. The number of unbranched alkanes of at least 4 members (excludes halogenated alkanes) is 36. The van der Waals surface area contributed by atoms with Gasteiger partial charge in [0.05, 0.1) is 26.4 Å². The van der Waals surface area contributed by atoms with Crippen LogP contribution in [-0.4, -0.2) is 96.7 Å². The summed E-state index contributed by atoms with van der Waals surface area (Å²) in [5, 5.41) is 10.6. The monoisotopic (exact) mass is 1380 g/mol. The number of hydrogen-bond donors (Lipinski definition) is 3. The maximum absolute atomic E-state index is 13.1. The highest BCUT2D eigenvalue weighted by Gasteiger charge is 2.30. The Labute approximate surface area is 575 Å². The number of phosphoric ester groups is 2. The molecule has 17 nitrogen and oxygen atoms in total. The zero-order valence-electron chi connectivity index (χ0n) is 61.6. The highest BCUT2D eigenvalue weighted by Crippen LogP contribution is 2.45. The van der Waals surface area contributed by atoms with Crippen LogP contribution in [0.3, 0.4) is 0 Å². The van der Waals surface area contributed by atoms with E-state index in [4.69, 9.17) is 37.0 Å². The van der Waals surface area contributed by atoms with Crippen LogP contribution >= 0.6 is 15.6 Å². The molecule has 5 unspecified atom stereocenters. The summed E-state index contributed by atoms with van der Waals surface area (Å²) in [6.07, 6.45) is 48.5. The molecule has 0 saturated heterocycles. The minimum atomic E-state index is -4.96. The molecule has 0 fully saturated rings. The summed E-state index contributed by atoms with van der Waals surface area (Å²) in [4.78, 5) is 72.8. The number of rotatable bonds is 72. The Balaban J connectivity index is 5.23. The Kier molecular flexibility index (Phi) is 63.1. The summed E-state index contributed by atoms with van der Waals surface area (Å²) in [5.41, 5.74) is 0. The van der Waals surface area contributed by atoms with Crippen molar-refractivity contribution in [1.29, 1.82) is 0 Å². The lowest BCUT2D eigenvalue weighted by Gasteiger charge is -2.21. The van der Waals surface area contributed by atoms with Crippen molar-refractivity contribution in [2.75, 3.05) is 39.6 Å². The summed E-state index contributed by atoms with van der Waals surface area (Å²) in [5.74, 6) is 0.959. The Morgan fingerprint density at radius 2 is 0.511 bits per heavy atom. The van der Waals surface area contributed by atoms with Gasteiger partial charge >= 0.3 is 39.5 Å². The average Bonchev–Trinajstić information content (AvgIpc) is 1.46. The van der Waals surface area contributed by atoms with E-state index in [1.165, 1.54) is 173 Å². The van der Waals surface area contributed by atoms with E-state index in [1.807, 2.05) is 0 Å². The molecule has 0 aliphatic heterocycles. The molecule has 94 heavy (non-hydrogen) atoms. The molecule has 0 radical (unpaired) electrons. The number of aliphatic hydroxyl groups is 1. The van der Waals surface area contributed by atoms with Crippen LogP contribution in [-0.2, 0) is 65.4 Å². The van der Waals surface area contributed by atoms with Crippen molar-refractivity contribution in [1.82, 2.24) is 0 Å². The first-order valence-electron chi connectivity index (χ1n) is 38.8. The predicted octanol–water partition coefficient (Wildman–Crippen LogP) is 21.7. The van der Waals surface area contributed by atoms with Crippen LogP contribution in [0.4, 0.5) is 0 Å². The fraction of sp³-hybridized carbons (Fsp3) is 0.947. The summed E-state index contributed by atoms with van der Waals surface area (Å²) in [6.45, 7) is 14.2. The van der Waals surface area contributed by atoms with Crippen LogP contribution in [0.1, 0.15) is 376 Å². The third kappa shape index (κ3) is 66.0. The van der Waals surface area contributed by atoms with Crippen molar-refractivity contribution in [3.8, 4) is 0 Å². The van der Waals surface area contributed by atoms with Gasteiger partial charge in [-0.15, -0.1) is 0 Å². The van der Waals surface area contributed by atoms with E-state index < -0.39 is 97.5 Å². The fourth-order valence-corrected chi connectivity index (χ4v) is 12.9. The molecular formula is C75H146O17P2. The van der Waals surface area contributed by atoms with Crippen molar-refractivity contribution in [3.05, 3.63) is 0 Å². The Morgan fingerprint density at radius 3 is 0.755 bits per heavy atom. The molecule has 558 valence electrons. The van der Waals surface area contributed by atoms with Crippen molar-refractivity contribution in [3.63, 3.8) is 0 Å². The number of carbonyl (C=O) groups excluding carboxylic acids is 4. The van der Waals surface area contributed by atoms with Gasteiger partial charge in [0, 0.05) is 25.7 Å². The molecule has 7 atom stereocenters. The molecule has 0 spiro atoms. The highest BCUT2D eigenvalue weighted by atomic mass is 31.2. The van der Waals surface area contributed by atoms with E-state index in [9.17, 15) is 43.2 Å². The van der Waals surface area contributed by atoms with Crippen molar-refractivity contribution in [2.45, 2.75) is 395 Å². The van der Waals surface area contributed by atoms with Gasteiger partial charge in [-0.3, -0.25) is 37.3 Å². The number of aliphatic hydroxyl groups excluding tert-OH is 1. The standard InChI is InChI=1S/C75H146O17P2/c1-9-67(7)53-45-37-29-21-18-19-23-32-41-49-57-74(79)91-71(62-86-73(78)56-48-40-34-26-28-36-44-52-66(5)6)64-90-94(83,84)88-60-69(76)59-87-93(81,82)89-63-70(92-75(80)58-50-42-33-25-24-30-38-46-54-68(8)10-2)61-85-72(77)55-47-39-31-22-17-15-13-11-12-14-16-20-27-35-43-51-65(3)4/h65-71,76H,9-64H2,1-8H3,(H,81,82)(H,83,84)/t67?,68?,69?,70-,71-/m1/s1. The van der Waals surface area contributed by atoms with E-state index in [0.717, 1.165) is 114 Å². The Morgan fingerprint density at radius 1 is 0.298 bits per heavy atom. The maximum Gasteiger partial charge on any atom is 0.472 e. The van der Waals surface area contributed by atoms with Crippen LogP contribution in [0.5, 0.6) is 0 Å². The van der Waals surface area contributed by atoms with Gasteiger partial charge in [-0.25, -0.2) is 9.13 Å². The second kappa shape index (κ2) is 64.4. The van der Waals surface area contributed by atoms with Gasteiger partial charge in [-0.05, 0) is 49.4 Å². The molecule has 0 aliphatic carbocycles. The van der Waals surface area contributed by atoms with Gasteiger partial charge in [-0.2, -0.15) is 0 Å². The van der Waals surface area contributed by atoms with Gasteiger partial charge < -0.3 is 33.8 Å². The molecule has 0 amide bonds. The zero-order chi connectivity index (χ0) is 69.6. The number of hydrogen-bond acceptors (Lipinski definition) is 15. The molecule has 0 aromatic heterocycles. The van der Waals surface area contributed by atoms with E-state index in [1.54, 1.807) is 0 Å². The lowest BCUT2D eigenvalue weighted by atomic mass is 9.99. The molecule has 0 aliphatic rings. The summed E-state index contributed by atoms with van der Waals surface area (Å²) in [6, 6.07) is 0. The normalized spacial score (nSPS) is 14.7. The van der Waals surface area contributed by atoms with Crippen LogP contribution in [0, 0.1) is 23.7 Å². The van der Waals surface area contributed by atoms with Gasteiger partial charge in [0.15, 0.2) is 12.2 Å². The molecule has 0 aromatic carbocycles. The number of phosphoric acid groups is 2. The fourth-order valence-electron chi connectivity index (χ4n) is 11.3. The van der Waals surface area contributed by atoms with Gasteiger partial charge in [-0.1, -0.05) is 325 Å². The minimum absolute atomic E-state index is 0.105. The number of esters is 4. The first-order chi connectivity index (χ1) is 45.2. The van der Waals surface area contributed by atoms with Crippen molar-refractivity contribution >= 4 is 39.5 Å². The molecule has 19 heteroatoms. The molecule has 0 rings (SSSR count). The van der Waals surface area contributed by atoms with Crippen LogP contribution in [0.2, 0.25) is 0 Å². The van der Waals surface area contributed by atoms with Crippen molar-refractivity contribution < 1.29 is 80.2 Å². The second-order valence-electron chi connectivity index (χ2n) is 28.5. The topological polar surface area (TPSA) is 237 Å². The number of carbonyl (C=O) groups is 4. The zero-order valence-corrected chi connectivity index (χ0v) is 63.4. The van der Waals surface area contributed by atoms with Gasteiger partial charge in [0.2, 0.25) is 0 Å². The van der Waals surface area contributed by atoms with Gasteiger partial charge in [0.1, 0.15) is 19.3 Å². The average molecular weight is 1380 g/mol. The van der Waals surface area contributed by atoms with Crippen LogP contribution in [0.15, 0.2) is 0 Å². The van der Waals surface area contributed by atoms with Crippen molar-refractivity contribution in [2.24, 2.45) is 23.7 Å². The van der Waals surface area contributed by atoms with E-state index in [2.05, 4.69) is 55.4 Å². The maximum atomic E-state index is 13.1. The molecule has 0 saturated carbocycles. The SMILES string of the molecule is CCC(C)CCCCCCCCCCCCC(=O)O[C@H](COC(=O)CCCCCCCCCC(C)C)COP(=O)(O)OCC(O)COP(=O)(O)OC[C@@H](COC(=O)CCCCCCCCCCCCCCCCCC(C)C)OC(=O)CCCCCCCCCCC(C)CC. The Hall–Kier alpha value is -1.94. The summed E-state index contributed by atoms with van der Waals surface area (Å²) < 4.78 is 68.5. The largest absolute Gasteiger partial charge is 0.472 e. The van der Waals surface area contributed by atoms with Crippen LogP contribution in [0.25, 0.3) is 0 Å². The minimum Gasteiger partial charge on any atom is -0.462 e. The molecule has 0 heterocycles. The quantitative estimate of drug-likeness (QED) is 0.0222. The third-order valence-corrected chi connectivity index (χ3v) is 19.9. The van der Waals surface area contributed by atoms with E-state index >= 15 is 0 Å². The predicted molar refractivity (Wildman–Crippen MR) is 381 cm³/mol. The smallest absolute Gasteiger partial charge is 0.462 e. The first-order valence-corrected chi connectivity index (χ1v) is 41.8. The van der Waals surface area contributed by atoms with E-state index in [-0.39, 0.29) is 25.7 Å². The molecule has 3 N–H and O–H groups in total. The Bertz CT molecular complexity index is 1850. The molecule has 0 aromatic rings.